The number of Topliss-reactive ketones (excluding diaryl/α,β-unsaturated/α-hetero) is 1. The smallest absolute Gasteiger partial charge is 0.165 e. The topological polar surface area (TPSA) is 35.6 Å². The Morgan fingerprint density at radius 2 is 2.09 bits per heavy atom. The Morgan fingerprint density at radius 3 is 2.86 bits per heavy atom. The van der Waals surface area contributed by atoms with Crippen molar-refractivity contribution in [3.63, 3.8) is 0 Å². The van der Waals surface area contributed by atoms with E-state index in [0.717, 1.165) is 39.0 Å². The Hall–Kier alpha value is -1.39. The third-order valence-corrected chi connectivity index (χ3v) is 5.08. The second-order valence-corrected chi connectivity index (χ2v) is 6.31. The third-order valence-electron chi connectivity index (χ3n) is 5.08. The van der Waals surface area contributed by atoms with Crippen LogP contribution in [0.1, 0.15) is 25.8 Å². The summed E-state index contributed by atoms with van der Waals surface area (Å²) in [6, 6.07) is 8.85. The Balaban J connectivity index is 1.79. The van der Waals surface area contributed by atoms with Gasteiger partial charge in [-0.15, -0.1) is 0 Å². The number of ketones is 1. The molecule has 2 atom stereocenters. The maximum Gasteiger partial charge on any atom is 0.165 e. The van der Waals surface area contributed by atoms with Crippen LogP contribution in [0.5, 0.6) is 0 Å². The summed E-state index contributed by atoms with van der Waals surface area (Å²) in [5.41, 5.74) is 2.72. The van der Waals surface area contributed by atoms with Gasteiger partial charge < -0.3 is 10.2 Å². The van der Waals surface area contributed by atoms with Crippen molar-refractivity contribution in [1.29, 1.82) is 0 Å². The van der Waals surface area contributed by atoms with E-state index in [-0.39, 0.29) is 12.1 Å². The van der Waals surface area contributed by atoms with Crippen LogP contribution in [0.3, 0.4) is 0 Å². The van der Waals surface area contributed by atoms with Gasteiger partial charge in [0.15, 0.2) is 5.78 Å². The monoisotopic (exact) mass is 301 g/mol. The molecule has 1 saturated heterocycles. The molecule has 0 bridgehead atoms. The number of nitrogens with zero attached hydrogens (tertiary/aromatic N) is 2. The lowest BCUT2D eigenvalue weighted by Crippen LogP contribution is -2.53. The van der Waals surface area contributed by atoms with Gasteiger partial charge in [0.2, 0.25) is 0 Å². The number of carbonyl (C=O) groups excluding carboxylic acids is 1. The maximum absolute atomic E-state index is 12.8. The first-order valence-corrected chi connectivity index (χ1v) is 8.57. The molecule has 1 aromatic rings. The molecule has 0 saturated carbocycles. The quantitative estimate of drug-likeness (QED) is 0.898. The number of carbonyl (C=O) groups is 1. The molecule has 0 aromatic heterocycles. The highest BCUT2D eigenvalue weighted by Crippen LogP contribution is 2.34. The molecule has 3 rings (SSSR count). The molecule has 2 heterocycles. The molecule has 0 spiro atoms. The highest BCUT2D eigenvalue weighted by molar-refractivity contribution is 5.88. The summed E-state index contributed by atoms with van der Waals surface area (Å²) in [7, 11) is 0. The molecule has 120 valence electrons. The van der Waals surface area contributed by atoms with E-state index in [1.165, 1.54) is 11.3 Å². The van der Waals surface area contributed by atoms with Crippen LogP contribution in [0, 0.1) is 0 Å². The van der Waals surface area contributed by atoms with Gasteiger partial charge in [0.1, 0.15) is 0 Å². The summed E-state index contributed by atoms with van der Waals surface area (Å²) in [6.07, 6.45) is 2.08. The number of likely N-dealkylation sites (N-methyl/N-ethyl adjacent to an activating group) is 1. The van der Waals surface area contributed by atoms with Crippen molar-refractivity contribution in [1.82, 2.24) is 10.2 Å². The van der Waals surface area contributed by atoms with Gasteiger partial charge in [0, 0.05) is 12.2 Å². The Morgan fingerprint density at radius 1 is 1.32 bits per heavy atom. The summed E-state index contributed by atoms with van der Waals surface area (Å²) < 4.78 is 0. The number of nitrogens with one attached hydrogen (secondary N) is 1. The van der Waals surface area contributed by atoms with E-state index in [0.29, 0.717) is 12.3 Å². The predicted octanol–water partition coefficient (Wildman–Crippen LogP) is 1.69. The lowest BCUT2D eigenvalue weighted by molar-refractivity contribution is -0.122. The van der Waals surface area contributed by atoms with Crippen molar-refractivity contribution >= 4 is 11.5 Å². The van der Waals surface area contributed by atoms with E-state index in [1.54, 1.807) is 0 Å². The van der Waals surface area contributed by atoms with E-state index in [1.807, 2.05) is 0 Å². The van der Waals surface area contributed by atoms with Crippen LogP contribution in [-0.2, 0) is 11.2 Å². The SMILES string of the molecule is CCN(CC)CC(=O)C1NCCCN2c3ccccc3CC12. The maximum atomic E-state index is 12.8. The average Bonchev–Trinajstić information content (AvgIpc) is 2.77. The van der Waals surface area contributed by atoms with Gasteiger partial charge in [0.25, 0.3) is 0 Å². The van der Waals surface area contributed by atoms with E-state index < -0.39 is 0 Å². The highest BCUT2D eigenvalue weighted by Gasteiger charge is 2.39. The molecule has 22 heavy (non-hydrogen) atoms. The molecule has 2 aliphatic rings. The second kappa shape index (κ2) is 6.80. The van der Waals surface area contributed by atoms with E-state index >= 15 is 0 Å². The molecule has 0 aliphatic carbocycles. The average molecular weight is 301 g/mol. The molecule has 4 heteroatoms. The molecule has 0 amide bonds. The molecule has 0 radical (unpaired) electrons. The largest absolute Gasteiger partial charge is 0.366 e. The number of hydrogen-bond acceptors (Lipinski definition) is 4. The number of benzene rings is 1. The van der Waals surface area contributed by atoms with Crippen LogP contribution in [0.2, 0.25) is 0 Å². The van der Waals surface area contributed by atoms with Crippen LogP contribution in [0.15, 0.2) is 24.3 Å². The lowest BCUT2D eigenvalue weighted by atomic mass is 9.99. The lowest BCUT2D eigenvalue weighted by Gasteiger charge is -2.31. The zero-order chi connectivity index (χ0) is 15.5. The Kier molecular flexibility index (Phi) is 4.79. The second-order valence-electron chi connectivity index (χ2n) is 6.31. The van der Waals surface area contributed by atoms with Crippen molar-refractivity contribution in [2.24, 2.45) is 0 Å². The molecular formula is C18H27N3O. The fourth-order valence-electron chi connectivity index (χ4n) is 3.80. The van der Waals surface area contributed by atoms with E-state index in [9.17, 15) is 4.79 Å². The molecule has 1 aromatic carbocycles. The number of hydrogen-bond donors (Lipinski definition) is 1. The van der Waals surface area contributed by atoms with Crippen molar-refractivity contribution in [2.45, 2.75) is 38.8 Å². The molecule has 1 N–H and O–H groups in total. The Labute approximate surface area is 133 Å². The fourth-order valence-corrected chi connectivity index (χ4v) is 3.80. The first-order valence-electron chi connectivity index (χ1n) is 8.57. The molecule has 2 unspecified atom stereocenters. The molecule has 2 aliphatic heterocycles. The number of para-hydroxylation sites is 1. The van der Waals surface area contributed by atoms with Gasteiger partial charge in [-0.1, -0.05) is 32.0 Å². The van der Waals surface area contributed by atoms with Crippen molar-refractivity contribution in [3.05, 3.63) is 29.8 Å². The molecule has 1 fully saturated rings. The standard InChI is InChI=1S/C18H27N3O/c1-3-20(4-2)13-17(22)18-16-12-14-8-5-6-9-15(14)21(16)11-7-10-19-18/h5-6,8-9,16,18-19H,3-4,7,10-13H2,1-2H3. The fraction of sp³-hybridized carbons (Fsp3) is 0.611. The number of fused-ring (bicyclic) bond motifs is 3. The first-order chi connectivity index (χ1) is 10.7. The first kappa shape index (κ1) is 15.5. The van der Waals surface area contributed by atoms with E-state index in [2.05, 4.69) is 53.2 Å². The zero-order valence-corrected chi connectivity index (χ0v) is 13.7. The van der Waals surface area contributed by atoms with Crippen molar-refractivity contribution < 1.29 is 4.79 Å². The minimum Gasteiger partial charge on any atom is -0.366 e. The summed E-state index contributed by atoms with van der Waals surface area (Å²) in [6.45, 7) is 8.65. The molecule has 4 nitrogen and oxygen atoms in total. The summed E-state index contributed by atoms with van der Waals surface area (Å²) in [5.74, 6) is 0.341. The summed E-state index contributed by atoms with van der Waals surface area (Å²) in [5, 5.41) is 3.52. The van der Waals surface area contributed by atoms with Crippen LogP contribution < -0.4 is 10.2 Å². The minimum atomic E-state index is -0.0458. The van der Waals surface area contributed by atoms with E-state index in [4.69, 9.17) is 0 Å². The normalized spacial score (nSPS) is 24.0. The van der Waals surface area contributed by atoms with Crippen LogP contribution in [0.25, 0.3) is 0 Å². The Bertz CT molecular complexity index is 527. The number of rotatable bonds is 5. The van der Waals surface area contributed by atoms with Gasteiger partial charge in [-0.2, -0.15) is 0 Å². The predicted molar refractivity (Wildman–Crippen MR) is 90.5 cm³/mol. The van der Waals surface area contributed by atoms with Crippen molar-refractivity contribution in [3.8, 4) is 0 Å². The number of anilines is 1. The van der Waals surface area contributed by atoms with Crippen LogP contribution in [0.4, 0.5) is 5.69 Å². The minimum absolute atomic E-state index is 0.0458. The van der Waals surface area contributed by atoms with Gasteiger partial charge in [0.05, 0.1) is 18.6 Å². The highest BCUT2D eigenvalue weighted by atomic mass is 16.1. The van der Waals surface area contributed by atoms with Gasteiger partial charge in [-0.3, -0.25) is 9.69 Å². The van der Waals surface area contributed by atoms with Crippen molar-refractivity contribution in [2.75, 3.05) is 37.6 Å². The zero-order valence-electron chi connectivity index (χ0n) is 13.7. The summed E-state index contributed by atoms with van der Waals surface area (Å²) >= 11 is 0. The van der Waals surface area contributed by atoms with Crippen LogP contribution in [-0.4, -0.2) is 55.5 Å². The van der Waals surface area contributed by atoms with Crippen LogP contribution >= 0.6 is 0 Å². The van der Waals surface area contributed by atoms with Gasteiger partial charge in [-0.05, 0) is 44.1 Å². The third kappa shape index (κ3) is 2.90. The summed E-state index contributed by atoms with van der Waals surface area (Å²) in [4.78, 5) is 17.5. The van der Waals surface area contributed by atoms with Gasteiger partial charge in [-0.25, -0.2) is 0 Å². The van der Waals surface area contributed by atoms with Gasteiger partial charge >= 0.3 is 0 Å². The molecular weight excluding hydrogens is 274 g/mol.